The van der Waals surface area contributed by atoms with Crippen LogP contribution in [0, 0.1) is 17.2 Å². The molecule has 0 saturated heterocycles. The number of carboxylic acids is 1. The highest BCUT2D eigenvalue weighted by Crippen LogP contribution is 2.30. The van der Waals surface area contributed by atoms with Gasteiger partial charge in [-0.15, -0.1) is 0 Å². The number of nitriles is 1. The maximum absolute atomic E-state index is 12.7. The molecular weight excluding hydrogens is 362 g/mol. The van der Waals surface area contributed by atoms with Crippen LogP contribution in [-0.2, 0) is 21.0 Å². The molecule has 1 unspecified atom stereocenters. The summed E-state index contributed by atoms with van der Waals surface area (Å²) in [6.07, 6.45) is 0. The van der Waals surface area contributed by atoms with Gasteiger partial charge in [0.05, 0.1) is 30.5 Å². The molecule has 0 aliphatic carbocycles. The first kappa shape index (κ1) is 19.1. The zero-order valence-corrected chi connectivity index (χ0v) is 14.8. The number of ketones is 1. The van der Waals surface area contributed by atoms with Crippen LogP contribution in [0.3, 0.4) is 0 Å². The van der Waals surface area contributed by atoms with E-state index in [1.807, 2.05) is 6.07 Å². The number of hydrogen-bond donors (Lipinski definition) is 2. The summed E-state index contributed by atoms with van der Waals surface area (Å²) in [7, 11) is 0. The Morgan fingerprint density at radius 3 is 2.61 bits per heavy atom. The summed E-state index contributed by atoms with van der Waals surface area (Å²) >= 11 is 0. The molecule has 1 heterocycles. The Balaban J connectivity index is 1.78. The van der Waals surface area contributed by atoms with Crippen molar-refractivity contribution in [3.8, 4) is 6.07 Å². The van der Waals surface area contributed by atoms with Crippen molar-refractivity contribution in [1.29, 1.82) is 5.26 Å². The second kappa shape index (κ2) is 8.33. The predicted molar refractivity (Wildman–Crippen MR) is 98.2 cm³/mol. The number of carbonyl (C=O) groups excluding carboxylic acids is 2. The third-order valence-electron chi connectivity index (χ3n) is 4.30. The molecule has 3 rings (SSSR count). The molecule has 2 aromatic rings. The number of fused-ring (bicyclic) bond motifs is 1. The standard InChI is InChI=1S/C20H17N3O5/c21-9-13-5-7-14(8-6-13)12-28-23-11-16(20(27)22-10-18(24)25)19(26)15-3-1-2-4-17(15)23/h1-8,16H,10-12H2,(H,22,27)(H,24,25). The van der Waals surface area contributed by atoms with E-state index in [4.69, 9.17) is 15.2 Å². The molecule has 0 fully saturated rings. The Morgan fingerprint density at radius 2 is 1.93 bits per heavy atom. The van der Waals surface area contributed by atoms with Gasteiger partial charge >= 0.3 is 5.97 Å². The summed E-state index contributed by atoms with van der Waals surface area (Å²) < 4.78 is 0. The molecule has 0 saturated carbocycles. The number of benzene rings is 2. The summed E-state index contributed by atoms with van der Waals surface area (Å²) in [5.74, 6) is -3.30. The van der Waals surface area contributed by atoms with Crippen LogP contribution in [0.1, 0.15) is 21.5 Å². The molecule has 8 heteroatoms. The lowest BCUT2D eigenvalue weighted by atomic mass is 9.91. The third kappa shape index (κ3) is 4.16. The van der Waals surface area contributed by atoms with Crippen LogP contribution >= 0.6 is 0 Å². The summed E-state index contributed by atoms with van der Waals surface area (Å²) in [5.41, 5.74) is 2.24. The Labute approximate surface area is 160 Å². The maximum atomic E-state index is 12.7. The van der Waals surface area contributed by atoms with Gasteiger partial charge in [0.1, 0.15) is 12.5 Å². The fourth-order valence-electron chi connectivity index (χ4n) is 2.87. The largest absolute Gasteiger partial charge is 0.480 e. The normalized spacial score (nSPS) is 15.5. The minimum atomic E-state index is -1.19. The van der Waals surface area contributed by atoms with Gasteiger partial charge in [0.15, 0.2) is 5.78 Å². The molecule has 0 spiro atoms. The molecule has 1 aliphatic heterocycles. The second-order valence-corrected chi connectivity index (χ2v) is 6.19. The Bertz CT molecular complexity index is 949. The minimum absolute atomic E-state index is 0.0302. The highest BCUT2D eigenvalue weighted by Gasteiger charge is 2.37. The zero-order chi connectivity index (χ0) is 20.1. The number of aliphatic carboxylic acids is 1. The lowest BCUT2D eigenvalue weighted by molar-refractivity contribution is -0.138. The number of nitrogens with zero attached hydrogens (tertiary/aromatic N) is 2. The van der Waals surface area contributed by atoms with Crippen molar-refractivity contribution >= 4 is 23.3 Å². The van der Waals surface area contributed by atoms with Crippen molar-refractivity contribution in [2.24, 2.45) is 5.92 Å². The van der Waals surface area contributed by atoms with Gasteiger partial charge < -0.3 is 10.4 Å². The molecule has 8 nitrogen and oxygen atoms in total. The van der Waals surface area contributed by atoms with Crippen LogP contribution in [-0.4, -0.2) is 35.9 Å². The SMILES string of the molecule is N#Cc1ccc(CON2CC(C(=O)NCC(=O)O)C(=O)c3ccccc32)cc1. The number of Topliss-reactive ketones (excluding diaryl/α,β-unsaturated/α-hetero) is 1. The molecular formula is C20H17N3O5. The minimum Gasteiger partial charge on any atom is -0.480 e. The number of para-hydroxylation sites is 1. The van der Waals surface area contributed by atoms with Gasteiger partial charge in [0, 0.05) is 5.56 Å². The van der Waals surface area contributed by atoms with Crippen LogP contribution in [0.15, 0.2) is 48.5 Å². The van der Waals surface area contributed by atoms with Crippen LogP contribution in [0.2, 0.25) is 0 Å². The van der Waals surface area contributed by atoms with Gasteiger partial charge in [-0.25, -0.2) is 0 Å². The lowest BCUT2D eigenvalue weighted by Crippen LogP contribution is -2.47. The number of carboxylic acid groups (broad SMARTS) is 1. The first-order valence-electron chi connectivity index (χ1n) is 8.52. The Hall–Kier alpha value is -3.70. The third-order valence-corrected chi connectivity index (χ3v) is 4.30. The van der Waals surface area contributed by atoms with Crippen LogP contribution < -0.4 is 10.4 Å². The number of amides is 1. The molecule has 1 atom stereocenters. The molecule has 0 bridgehead atoms. The van der Waals surface area contributed by atoms with E-state index in [1.54, 1.807) is 48.5 Å². The first-order valence-corrected chi connectivity index (χ1v) is 8.52. The van der Waals surface area contributed by atoms with E-state index < -0.39 is 24.3 Å². The zero-order valence-electron chi connectivity index (χ0n) is 14.8. The summed E-state index contributed by atoms with van der Waals surface area (Å²) in [6, 6.07) is 15.7. The quantitative estimate of drug-likeness (QED) is 0.730. The van der Waals surface area contributed by atoms with Gasteiger partial charge in [-0.05, 0) is 29.8 Å². The average Bonchev–Trinajstić information content (AvgIpc) is 2.72. The van der Waals surface area contributed by atoms with E-state index >= 15 is 0 Å². The summed E-state index contributed by atoms with van der Waals surface area (Å²) in [4.78, 5) is 41.5. The lowest BCUT2D eigenvalue weighted by Gasteiger charge is -2.33. The van der Waals surface area contributed by atoms with E-state index in [9.17, 15) is 14.4 Å². The van der Waals surface area contributed by atoms with Gasteiger partial charge in [0.25, 0.3) is 0 Å². The number of nitrogens with one attached hydrogen (secondary N) is 1. The van der Waals surface area contributed by atoms with Gasteiger partial charge in [-0.3, -0.25) is 24.3 Å². The first-order chi connectivity index (χ1) is 13.5. The van der Waals surface area contributed by atoms with Crippen molar-refractivity contribution in [3.63, 3.8) is 0 Å². The molecule has 28 heavy (non-hydrogen) atoms. The highest BCUT2D eigenvalue weighted by atomic mass is 16.7. The summed E-state index contributed by atoms with van der Waals surface area (Å²) in [5, 5.41) is 21.3. The predicted octanol–water partition coefficient (Wildman–Crippen LogP) is 1.51. The van der Waals surface area contributed by atoms with Crippen LogP contribution in [0.4, 0.5) is 5.69 Å². The van der Waals surface area contributed by atoms with Crippen molar-refractivity contribution in [2.45, 2.75) is 6.61 Å². The van der Waals surface area contributed by atoms with Crippen molar-refractivity contribution in [1.82, 2.24) is 5.32 Å². The smallest absolute Gasteiger partial charge is 0.322 e. The van der Waals surface area contributed by atoms with Crippen LogP contribution in [0.5, 0.6) is 0 Å². The number of rotatable bonds is 6. The molecule has 142 valence electrons. The van der Waals surface area contributed by atoms with Crippen molar-refractivity contribution < 1.29 is 24.3 Å². The molecule has 1 aliphatic rings. The van der Waals surface area contributed by atoms with Gasteiger partial charge in [-0.1, -0.05) is 24.3 Å². The molecule has 1 amide bonds. The van der Waals surface area contributed by atoms with E-state index in [0.717, 1.165) is 5.56 Å². The topological polar surface area (TPSA) is 120 Å². The second-order valence-electron chi connectivity index (χ2n) is 6.19. The van der Waals surface area contributed by atoms with E-state index in [1.165, 1.54) is 5.06 Å². The van der Waals surface area contributed by atoms with Crippen LogP contribution in [0.25, 0.3) is 0 Å². The van der Waals surface area contributed by atoms with Crippen molar-refractivity contribution in [2.75, 3.05) is 18.2 Å². The number of carbonyl (C=O) groups is 3. The number of hydroxylamine groups is 1. The highest BCUT2D eigenvalue weighted by molar-refractivity contribution is 6.14. The van der Waals surface area contributed by atoms with E-state index in [-0.39, 0.29) is 18.9 Å². The van der Waals surface area contributed by atoms with E-state index in [0.29, 0.717) is 16.8 Å². The molecule has 2 aromatic carbocycles. The monoisotopic (exact) mass is 379 g/mol. The maximum Gasteiger partial charge on any atom is 0.322 e. The Kier molecular flexibility index (Phi) is 5.67. The number of hydrogen-bond acceptors (Lipinski definition) is 6. The van der Waals surface area contributed by atoms with Gasteiger partial charge in [0.2, 0.25) is 5.91 Å². The summed E-state index contributed by atoms with van der Waals surface area (Å²) in [6.45, 7) is -0.411. The Morgan fingerprint density at radius 1 is 1.21 bits per heavy atom. The number of anilines is 1. The molecule has 2 N–H and O–H groups in total. The fourth-order valence-corrected chi connectivity index (χ4v) is 2.87. The molecule has 0 radical (unpaired) electrons. The average molecular weight is 379 g/mol. The van der Waals surface area contributed by atoms with E-state index in [2.05, 4.69) is 5.32 Å². The fraction of sp³-hybridized carbons (Fsp3) is 0.200. The van der Waals surface area contributed by atoms with Crippen molar-refractivity contribution in [3.05, 3.63) is 65.2 Å². The molecule has 0 aromatic heterocycles. The van der Waals surface area contributed by atoms with Gasteiger partial charge in [-0.2, -0.15) is 5.26 Å².